The van der Waals surface area contributed by atoms with E-state index in [1.54, 1.807) is 19.2 Å². The fourth-order valence-corrected chi connectivity index (χ4v) is 7.75. The van der Waals surface area contributed by atoms with Gasteiger partial charge < -0.3 is 101 Å². The molecule has 2 fully saturated rings. The number of aliphatic carboxylic acids is 1. The Bertz CT molecular complexity index is 2420. The van der Waals surface area contributed by atoms with Gasteiger partial charge in [-0.3, -0.25) is 4.79 Å². The van der Waals surface area contributed by atoms with Gasteiger partial charge in [-0.05, 0) is 43.3 Å². The van der Waals surface area contributed by atoms with Gasteiger partial charge in [0, 0.05) is 60.6 Å². The first kappa shape index (κ1) is 45.2. The summed E-state index contributed by atoms with van der Waals surface area (Å²) in [6.07, 6.45) is -15.1. The second-order valence-electron chi connectivity index (χ2n) is 15.2. The van der Waals surface area contributed by atoms with Crippen LogP contribution in [0.2, 0.25) is 0 Å². The van der Waals surface area contributed by atoms with Crippen LogP contribution in [-0.2, 0) is 30.2 Å². The minimum atomic E-state index is -2.78. The van der Waals surface area contributed by atoms with Crippen molar-refractivity contribution in [2.45, 2.75) is 79.4 Å². The molecule has 0 aliphatic carbocycles. The summed E-state index contributed by atoms with van der Waals surface area (Å²) in [5.74, 6) is -9.77. The monoisotopic (exact) mass is 886 g/mol. The summed E-state index contributed by atoms with van der Waals surface area (Å²) < 4.78 is 29.0. The molecule has 5 heterocycles. The number of carbonyl (C=O) groups is 2. The molecule has 3 aromatic rings. The molecule has 2 aromatic carbocycles. The first-order valence-electron chi connectivity index (χ1n) is 19.5. The van der Waals surface area contributed by atoms with Crippen LogP contribution in [0.25, 0.3) is 22.3 Å². The number of hydrogen-bond donors (Lipinski definition) is 15. The van der Waals surface area contributed by atoms with Crippen LogP contribution in [0, 0.1) is 0 Å². The van der Waals surface area contributed by atoms with Crippen molar-refractivity contribution in [2.24, 2.45) is 5.73 Å². The molecule has 0 saturated carbocycles. The van der Waals surface area contributed by atoms with Gasteiger partial charge in [-0.2, -0.15) is 0 Å². The number of aromatic hydroxyl groups is 3. The van der Waals surface area contributed by atoms with Gasteiger partial charge >= 0.3 is 11.9 Å². The molecule has 12 unspecified atom stereocenters. The Labute approximate surface area is 355 Å². The molecule has 4 aliphatic rings. The fraction of sp³-hybridized carbons (Fsp3) is 0.425. The average molecular weight is 887 g/mol. The van der Waals surface area contributed by atoms with E-state index in [1.165, 1.54) is 18.3 Å². The van der Waals surface area contributed by atoms with Crippen LogP contribution < -0.4 is 31.8 Å². The highest BCUT2D eigenvalue weighted by atomic mass is 16.8. The zero-order chi connectivity index (χ0) is 45.7. The molecule has 0 radical (unpaired) electrons. The smallest absolute Gasteiger partial charge is 0.340 e. The van der Waals surface area contributed by atoms with Crippen molar-refractivity contribution in [1.82, 2.24) is 16.0 Å². The molecule has 16 N–H and O–H groups in total. The molecule has 340 valence electrons. The van der Waals surface area contributed by atoms with E-state index >= 15 is 0 Å². The second kappa shape index (κ2) is 17.7. The number of nitrogens with one attached hydrogen (secondary N) is 3. The van der Waals surface area contributed by atoms with Crippen LogP contribution in [0.5, 0.6) is 23.0 Å². The van der Waals surface area contributed by atoms with E-state index in [1.807, 2.05) is 0 Å². The van der Waals surface area contributed by atoms with E-state index in [0.717, 1.165) is 18.2 Å². The van der Waals surface area contributed by atoms with Crippen LogP contribution >= 0.6 is 0 Å². The highest BCUT2D eigenvalue weighted by Crippen LogP contribution is 2.51. The topological polar surface area (TPSA) is 386 Å². The van der Waals surface area contributed by atoms with Gasteiger partial charge in [-0.1, -0.05) is 6.08 Å². The van der Waals surface area contributed by atoms with Gasteiger partial charge in [0.05, 0.1) is 11.9 Å². The third-order valence-corrected chi connectivity index (χ3v) is 11.1. The van der Waals surface area contributed by atoms with Crippen LogP contribution in [0.1, 0.15) is 17.0 Å². The molecule has 1 spiro atoms. The van der Waals surface area contributed by atoms with Crippen LogP contribution in [0.4, 0.5) is 0 Å². The number of nitrogens with two attached hydrogens (primary N) is 1. The SMILES string of the molecule is CNCCNC1=CC(C2=CNC(N)C=C2)c2c(cc3oc(-c4cc(O)c(O)c(CCO)c4)cc(=O)c3c2O)OC12OC(C(=O)OC1OC(C(=O)O)C(O)C(O)C1O)C(O)C(O)C2O. The Hall–Kier alpha value is -5.83. The molecule has 7 rings (SSSR count). The average Bonchev–Trinajstić information content (AvgIpc) is 3.38. The van der Waals surface area contributed by atoms with E-state index in [-0.39, 0.29) is 58.6 Å². The summed E-state index contributed by atoms with van der Waals surface area (Å²) >= 11 is 0. The van der Waals surface area contributed by atoms with E-state index in [2.05, 4.69) is 16.0 Å². The number of ether oxygens (including phenoxy) is 4. The molecule has 2 saturated heterocycles. The first-order chi connectivity index (χ1) is 29.9. The van der Waals surface area contributed by atoms with Crippen LogP contribution in [0.15, 0.2) is 69.2 Å². The van der Waals surface area contributed by atoms with Crippen LogP contribution in [-0.4, -0.2) is 162 Å². The Morgan fingerprint density at radius 2 is 1.67 bits per heavy atom. The number of aliphatic hydroxyl groups is 7. The number of aliphatic hydroxyl groups excluding tert-OH is 7. The number of benzene rings is 2. The summed E-state index contributed by atoms with van der Waals surface area (Å²) in [6.45, 7) is -0.125. The standard InChI is InChI=1S/C40H46N4O19/c1-42-5-6-43-23-10-17(15-2-3-24(41)44-13-15)25-22(12-21-26(28(25)49)18(46)11-20(59-21)16-8-14(4-7-45)27(48)19(47)9-16)62-40(23)36(55)32(53)31(52)35(63-40)38(58)61-39-33(54)29(50)30(51)34(60-39)37(56)57/h2-3,8-13,17,24,29-36,39,42-45,47-55H,4-7,41H2,1H3,(H,56,57). The number of carboxylic acids is 1. The molecule has 23 heteroatoms. The number of rotatable bonds is 11. The number of allylic oxidation sites excluding steroid dienone is 3. The van der Waals surface area contributed by atoms with E-state index in [0.29, 0.717) is 5.57 Å². The van der Waals surface area contributed by atoms with Crippen molar-refractivity contribution >= 4 is 22.9 Å². The normalized spacial score (nSPS) is 31.5. The molecule has 0 bridgehead atoms. The van der Waals surface area contributed by atoms with Crippen molar-refractivity contribution in [3.05, 3.63) is 81.3 Å². The van der Waals surface area contributed by atoms with Gasteiger partial charge in [-0.15, -0.1) is 0 Å². The third-order valence-electron chi connectivity index (χ3n) is 11.1. The van der Waals surface area contributed by atoms with E-state index < -0.39 is 120 Å². The molecular weight excluding hydrogens is 840 g/mol. The van der Waals surface area contributed by atoms with Gasteiger partial charge in [-0.25, -0.2) is 9.59 Å². The van der Waals surface area contributed by atoms with Crippen LogP contribution in [0.3, 0.4) is 0 Å². The van der Waals surface area contributed by atoms with Gasteiger partial charge in [0.1, 0.15) is 58.7 Å². The van der Waals surface area contributed by atoms with Gasteiger partial charge in [0.25, 0.3) is 5.79 Å². The largest absolute Gasteiger partial charge is 0.507 e. The molecule has 23 nitrogen and oxygen atoms in total. The second-order valence-corrected chi connectivity index (χ2v) is 15.2. The quantitative estimate of drug-likeness (QED) is 0.0499. The molecular formula is C40H46N4O19. The number of phenolic OH excluding ortho intramolecular Hbond substituents is 3. The highest BCUT2D eigenvalue weighted by Gasteiger charge is 2.62. The predicted molar refractivity (Wildman–Crippen MR) is 211 cm³/mol. The summed E-state index contributed by atoms with van der Waals surface area (Å²) in [5.41, 5.74) is 5.07. The number of carbonyl (C=O) groups excluding carboxylic acids is 1. The number of esters is 1. The first-order valence-corrected chi connectivity index (χ1v) is 19.5. The fourth-order valence-electron chi connectivity index (χ4n) is 7.75. The molecule has 4 aliphatic heterocycles. The highest BCUT2D eigenvalue weighted by molar-refractivity contribution is 5.89. The van der Waals surface area contributed by atoms with Gasteiger partial charge in [0.2, 0.25) is 6.29 Å². The Kier molecular flexibility index (Phi) is 12.7. The Morgan fingerprint density at radius 3 is 2.33 bits per heavy atom. The molecule has 1 aromatic heterocycles. The number of carboxylic acid groups (broad SMARTS) is 1. The molecule has 63 heavy (non-hydrogen) atoms. The summed E-state index contributed by atoms with van der Waals surface area (Å²) in [4.78, 5) is 39.6. The Morgan fingerprint density at radius 1 is 0.937 bits per heavy atom. The third kappa shape index (κ3) is 8.15. The molecule has 12 atom stereocenters. The zero-order valence-electron chi connectivity index (χ0n) is 33.1. The summed E-state index contributed by atoms with van der Waals surface area (Å²) in [6, 6.07) is 4.61. The number of fused-ring (bicyclic) bond motifs is 2. The number of hydrogen-bond acceptors (Lipinski definition) is 22. The van der Waals surface area contributed by atoms with Crippen molar-refractivity contribution < 1.29 is 89.1 Å². The maximum atomic E-state index is 13.9. The maximum Gasteiger partial charge on any atom is 0.340 e. The Balaban J connectivity index is 1.40. The van der Waals surface area contributed by atoms with Crippen molar-refractivity contribution in [3.63, 3.8) is 0 Å². The molecule has 0 amide bonds. The minimum Gasteiger partial charge on any atom is -0.507 e. The van der Waals surface area contributed by atoms with E-state index in [4.69, 9.17) is 29.1 Å². The van der Waals surface area contributed by atoms with E-state index in [9.17, 15) is 70.6 Å². The van der Waals surface area contributed by atoms with Gasteiger partial charge in [0.15, 0.2) is 35.2 Å². The van der Waals surface area contributed by atoms with Crippen molar-refractivity contribution in [2.75, 3.05) is 26.7 Å². The lowest BCUT2D eigenvalue weighted by Gasteiger charge is -2.48. The lowest BCUT2D eigenvalue weighted by molar-refractivity contribution is -0.325. The minimum absolute atomic E-state index is 0.0341. The maximum absolute atomic E-state index is 13.9. The number of phenols is 3. The number of dihydropyridines is 1. The number of likely N-dealkylation sites (N-methyl/N-ethyl adjacent to an activating group) is 1. The summed E-state index contributed by atoms with van der Waals surface area (Å²) in [5, 5.41) is 126. The van der Waals surface area contributed by atoms with Crippen molar-refractivity contribution in [1.29, 1.82) is 0 Å². The lowest BCUT2D eigenvalue weighted by atomic mass is 9.85. The lowest BCUT2D eigenvalue weighted by Crippen LogP contribution is -2.70. The zero-order valence-corrected chi connectivity index (χ0v) is 33.1. The summed E-state index contributed by atoms with van der Waals surface area (Å²) in [7, 11) is 1.63. The van der Waals surface area contributed by atoms with Crippen molar-refractivity contribution in [3.8, 4) is 34.3 Å². The predicted octanol–water partition coefficient (Wildman–Crippen LogP) is -3.78.